The first-order chi connectivity index (χ1) is 18.1. The minimum atomic E-state index is -4.60. The van der Waals surface area contributed by atoms with E-state index >= 15 is 0 Å². The summed E-state index contributed by atoms with van der Waals surface area (Å²) >= 11 is 0. The zero-order valence-electron chi connectivity index (χ0n) is 25.2. The molecule has 39 heavy (non-hydrogen) atoms. The molecular formula is C32H54F3NO3. The van der Waals surface area contributed by atoms with Crippen LogP contribution in [0.15, 0.2) is 11.6 Å². The van der Waals surface area contributed by atoms with E-state index in [1.807, 2.05) is 6.92 Å². The van der Waals surface area contributed by atoms with Crippen LogP contribution >= 0.6 is 0 Å². The molecule has 0 heterocycles. The molecule has 7 heteroatoms. The molecule has 1 unspecified atom stereocenters. The first kappa shape index (κ1) is 32.4. The largest absolute Gasteiger partial charge is 0.452 e. The molecule has 0 aliphatic heterocycles. The number of nitrogens with two attached hydrogens (primary N) is 1. The molecule has 3 N–H and O–H groups in total. The first-order valence-electron chi connectivity index (χ1n) is 15.5. The molecule has 0 radical (unpaired) electrons. The van der Waals surface area contributed by atoms with Gasteiger partial charge in [-0.3, -0.25) is 4.79 Å². The smallest absolute Gasteiger partial charge is 0.425 e. The quantitative estimate of drug-likeness (QED) is 0.189. The van der Waals surface area contributed by atoms with Gasteiger partial charge >= 0.3 is 12.1 Å². The molecule has 2 fully saturated rings. The Bertz CT molecular complexity index is 854. The molecule has 9 atom stereocenters. The Morgan fingerprint density at radius 3 is 2.51 bits per heavy atom. The SMILES string of the molecule is CCCCC(C)(O)CC1=CC[C@@H]2[C@H](CC[C@]3(C)[C@@H]([C@H](C)CC[C@@H](OC(=O)[C@@H](N)C(C)C)C(F)(F)F)CC[C@@H]23)C1. The molecule has 0 aromatic carbocycles. The second-order valence-electron chi connectivity index (χ2n) is 14.1. The lowest BCUT2D eigenvalue weighted by Gasteiger charge is -2.51. The molecule has 0 aromatic rings. The summed E-state index contributed by atoms with van der Waals surface area (Å²) in [5.41, 5.74) is 6.67. The van der Waals surface area contributed by atoms with E-state index in [4.69, 9.17) is 10.5 Å². The number of hydrogen-bond donors (Lipinski definition) is 2. The molecule has 2 saturated carbocycles. The molecule has 0 spiro atoms. The fourth-order valence-corrected chi connectivity index (χ4v) is 8.35. The van der Waals surface area contributed by atoms with E-state index in [1.165, 1.54) is 5.57 Å². The van der Waals surface area contributed by atoms with Crippen molar-refractivity contribution in [3.8, 4) is 0 Å². The highest BCUT2D eigenvalue weighted by Crippen LogP contribution is 2.63. The zero-order chi connectivity index (χ0) is 29.2. The summed E-state index contributed by atoms with van der Waals surface area (Å²) in [5, 5.41) is 10.9. The first-order valence-corrected chi connectivity index (χ1v) is 15.5. The van der Waals surface area contributed by atoms with Crippen LogP contribution in [0.4, 0.5) is 13.2 Å². The van der Waals surface area contributed by atoms with Crippen molar-refractivity contribution in [3.05, 3.63) is 11.6 Å². The van der Waals surface area contributed by atoms with Gasteiger partial charge in [-0.1, -0.05) is 59.1 Å². The van der Waals surface area contributed by atoms with Gasteiger partial charge in [-0.05, 0) is 112 Å². The van der Waals surface area contributed by atoms with Gasteiger partial charge in [0.15, 0.2) is 6.10 Å². The Hall–Kier alpha value is -1.08. The number of esters is 1. The number of fused-ring (bicyclic) bond motifs is 3. The third-order valence-corrected chi connectivity index (χ3v) is 10.7. The van der Waals surface area contributed by atoms with Crippen LogP contribution in [0.25, 0.3) is 0 Å². The second-order valence-corrected chi connectivity index (χ2v) is 14.1. The molecule has 3 rings (SSSR count). The van der Waals surface area contributed by atoms with Crippen molar-refractivity contribution in [1.82, 2.24) is 0 Å². The van der Waals surface area contributed by atoms with E-state index in [2.05, 4.69) is 26.8 Å². The number of ether oxygens (including phenoxy) is 1. The van der Waals surface area contributed by atoms with Crippen LogP contribution in [0.3, 0.4) is 0 Å². The van der Waals surface area contributed by atoms with Crippen LogP contribution in [-0.2, 0) is 9.53 Å². The summed E-state index contributed by atoms with van der Waals surface area (Å²) in [4.78, 5) is 12.2. The molecular weight excluding hydrogens is 503 g/mol. The van der Waals surface area contributed by atoms with Gasteiger partial charge in [0.25, 0.3) is 0 Å². The van der Waals surface area contributed by atoms with Crippen molar-refractivity contribution < 1.29 is 27.8 Å². The monoisotopic (exact) mass is 557 g/mol. The summed E-state index contributed by atoms with van der Waals surface area (Å²) < 4.78 is 46.2. The van der Waals surface area contributed by atoms with Gasteiger partial charge in [0.2, 0.25) is 0 Å². The van der Waals surface area contributed by atoms with Crippen LogP contribution in [-0.4, -0.2) is 35.0 Å². The average Bonchev–Trinajstić information content (AvgIpc) is 3.20. The maximum Gasteiger partial charge on any atom is 0.425 e. The highest BCUT2D eigenvalue weighted by atomic mass is 19.4. The highest BCUT2D eigenvalue weighted by Gasteiger charge is 2.55. The van der Waals surface area contributed by atoms with Gasteiger partial charge in [0.1, 0.15) is 6.04 Å². The fraction of sp³-hybridized carbons (Fsp3) is 0.906. The van der Waals surface area contributed by atoms with E-state index in [-0.39, 0.29) is 23.7 Å². The van der Waals surface area contributed by atoms with Crippen molar-refractivity contribution >= 4 is 5.97 Å². The lowest BCUT2D eigenvalue weighted by molar-refractivity contribution is -0.224. The Morgan fingerprint density at radius 1 is 1.21 bits per heavy atom. The Balaban J connectivity index is 1.61. The van der Waals surface area contributed by atoms with Gasteiger partial charge in [-0.25, -0.2) is 0 Å². The molecule has 0 aromatic heterocycles. The maximum absolute atomic E-state index is 13.8. The van der Waals surface area contributed by atoms with Crippen LogP contribution < -0.4 is 5.73 Å². The summed E-state index contributed by atoms with van der Waals surface area (Å²) in [6, 6.07) is -1.05. The minimum absolute atomic E-state index is 0.127. The lowest BCUT2D eigenvalue weighted by Crippen LogP contribution is -2.44. The third-order valence-electron chi connectivity index (χ3n) is 10.7. The van der Waals surface area contributed by atoms with Crippen LogP contribution in [0.2, 0.25) is 0 Å². The number of hydrogen-bond acceptors (Lipinski definition) is 4. The number of unbranched alkanes of at least 4 members (excludes halogenated alkanes) is 1. The normalized spacial score (nSPS) is 33.0. The minimum Gasteiger partial charge on any atom is -0.452 e. The number of allylic oxidation sites excluding steroid dienone is 1. The topological polar surface area (TPSA) is 72.5 Å². The van der Waals surface area contributed by atoms with Crippen LogP contribution in [0.5, 0.6) is 0 Å². The van der Waals surface area contributed by atoms with E-state index in [1.54, 1.807) is 13.8 Å². The lowest BCUT2D eigenvalue weighted by atomic mass is 9.54. The van der Waals surface area contributed by atoms with E-state index < -0.39 is 29.9 Å². The van der Waals surface area contributed by atoms with E-state index in [9.17, 15) is 23.1 Å². The predicted molar refractivity (Wildman–Crippen MR) is 150 cm³/mol. The zero-order valence-corrected chi connectivity index (χ0v) is 25.2. The highest BCUT2D eigenvalue weighted by molar-refractivity contribution is 5.76. The predicted octanol–water partition coefficient (Wildman–Crippen LogP) is 7.97. The molecule has 0 bridgehead atoms. The summed E-state index contributed by atoms with van der Waals surface area (Å²) in [7, 11) is 0. The molecule has 3 aliphatic rings. The van der Waals surface area contributed by atoms with E-state index in [0.717, 1.165) is 64.2 Å². The Labute approximate surface area is 234 Å². The van der Waals surface area contributed by atoms with Gasteiger partial charge < -0.3 is 15.6 Å². The number of carbonyl (C=O) groups excluding carboxylic acids is 1. The van der Waals surface area contributed by atoms with Gasteiger partial charge in [-0.15, -0.1) is 0 Å². The van der Waals surface area contributed by atoms with Crippen molar-refractivity contribution in [2.75, 3.05) is 0 Å². The summed E-state index contributed by atoms with van der Waals surface area (Å²) in [6.45, 7) is 12.0. The molecule has 226 valence electrons. The average molecular weight is 558 g/mol. The fourth-order valence-electron chi connectivity index (χ4n) is 8.35. The number of carbonyl (C=O) groups is 1. The van der Waals surface area contributed by atoms with E-state index in [0.29, 0.717) is 30.1 Å². The van der Waals surface area contributed by atoms with Gasteiger partial charge in [0.05, 0.1) is 5.60 Å². The van der Waals surface area contributed by atoms with Crippen molar-refractivity contribution in [2.24, 2.45) is 46.7 Å². The molecule has 0 amide bonds. The second kappa shape index (κ2) is 12.8. The number of halogens is 3. The number of alkyl halides is 3. The van der Waals surface area contributed by atoms with Crippen molar-refractivity contribution in [2.45, 2.75) is 143 Å². The molecule has 4 nitrogen and oxygen atoms in total. The van der Waals surface area contributed by atoms with Crippen LogP contribution in [0.1, 0.15) is 119 Å². The number of aliphatic hydroxyl groups is 1. The standard InChI is InChI=1S/C32H54F3NO3/c1-7-8-16-30(5,38)19-22-10-11-24-23(18-22)15-17-31(6)25(12-13-26(24)31)21(4)9-14-27(32(33,34)35)39-29(37)28(36)20(2)3/h10,20-21,23-28,38H,7-9,11-19,36H2,1-6H3/t21-,23-,24-,25-,26+,27-,28+,30?,31-/m1/s1. The molecule has 3 aliphatic carbocycles. The molecule has 0 saturated heterocycles. The number of rotatable bonds is 12. The Kier molecular flexibility index (Phi) is 10.7. The Morgan fingerprint density at radius 2 is 1.90 bits per heavy atom. The maximum atomic E-state index is 13.8. The van der Waals surface area contributed by atoms with Crippen molar-refractivity contribution in [1.29, 1.82) is 0 Å². The van der Waals surface area contributed by atoms with Crippen molar-refractivity contribution in [3.63, 3.8) is 0 Å². The summed E-state index contributed by atoms with van der Waals surface area (Å²) in [6.07, 6.45) is 6.23. The van der Waals surface area contributed by atoms with Gasteiger partial charge in [0, 0.05) is 0 Å². The van der Waals surface area contributed by atoms with Gasteiger partial charge in [-0.2, -0.15) is 13.2 Å². The summed E-state index contributed by atoms with van der Waals surface area (Å²) in [5.74, 6) is 1.14. The van der Waals surface area contributed by atoms with Crippen LogP contribution in [0, 0.1) is 40.9 Å². The third kappa shape index (κ3) is 7.81.